The molecule has 0 spiro atoms. The Kier molecular flexibility index (Phi) is 7.75. The number of hydrogen-bond donors (Lipinski definition) is 3. The molecule has 0 saturated heterocycles. The number of carbonyl (C=O) groups excluding carboxylic acids is 2. The third kappa shape index (κ3) is 5.26. The Labute approximate surface area is 234 Å². The van der Waals surface area contributed by atoms with E-state index in [1.165, 1.54) is 12.1 Å². The fraction of sp³-hybridized carbons (Fsp3) is 0.429. The summed E-state index contributed by atoms with van der Waals surface area (Å²) in [5, 5.41) is 15.6. The zero-order chi connectivity index (χ0) is 28.8. The molecule has 2 atom stereocenters. The number of anilines is 1. The molecule has 3 aliphatic carbocycles. The third-order valence-corrected chi connectivity index (χ3v) is 11.1. The molecule has 0 heterocycles. The second-order valence-corrected chi connectivity index (χ2v) is 13.4. The van der Waals surface area contributed by atoms with Crippen LogP contribution in [0.5, 0.6) is 0 Å². The van der Waals surface area contributed by atoms with Crippen molar-refractivity contribution in [3.63, 3.8) is 0 Å². The summed E-state index contributed by atoms with van der Waals surface area (Å²) < 4.78 is 67.8. The van der Waals surface area contributed by atoms with Gasteiger partial charge in [0.05, 0.1) is 20.8 Å². The lowest BCUT2D eigenvalue weighted by Gasteiger charge is -2.42. The van der Waals surface area contributed by atoms with Crippen LogP contribution in [-0.2, 0) is 14.6 Å². The number of hydrogen-bond acceptors (Lipinski definition) is 5. The summed E-state index contributed by atoms with van der Waals surface area (Å²) in [6.45, 7) is 0.0479. The predicted octanol–water partition coefficient (Wildman–Crippen LogP) is 4.93. The second-order valence-electron chi connectivity index (χ2n) is 10.8. The van der Waals surface area contributed by atoms with Crippen molar-refractivity contribution in [2.45, 2.75) is 60.7 Å². The molecule has 3 aliphatic rings. The average Bonchev–Trinajstić information content (AvgIpc) is 3.48. The maximum absolute atomic E-state index is 13.7. The molecule has 2 aromatic rings. The lowest BCUT2D eigenvalue weighted by Crippen LogP contribution is -2.54. The van der Waals surface area contributed by atoms with Gasteiger partial charge in [0.1, 0.15) is 0 Å². The van der Waals surface area contributed by atoms with E-state index in [1.54, 1.807) is 0 Å². The van der Waals surface area contributed by atoms with Gasteiger partial charge in [-0.05, 0) is 75.0 Å². The minimum absolute atomic E-state index is 0.0479. The van der Waals surface area contributed by atoms with E-state index in [0.29, 0.717) is 37.0 Å². The minimum Gasteiger partial charge on any atom is -0.387 e. The van der Waals surface area contributed by atoms with Gasteiger partial charge in [-0.3, -0.25) is 9.59 Å². The number of rotatable bonds is 7. The van der Waals surface area contributed by atoms with Crippen LogP contribution in [0.4, 0.5) is 18.9 Å². The maximum Gasteiger partial charge on any atom is 0.255 e. The Morgan fingerprint density at radius 1 is 1.02 bits per heavy atom. The SMILES string of the molecule is O=C(NC[C@]1(O)C2CCC1C[C@@H](S(=O)(=O)c1cc(C(=O)Nc3cc(F)c(F)c(F)c3)ccc1Cl)C2)C1=CCCC1. The highest BCUT2D eigenvalue weighted by Gasteiger charge is 2.55. The van der Waals surface area contributed by atoms with Gasteiger partial charge < -0.3 is 15.7 Å². The van der Waals surface area contributed by atoms with Crippen molar-refractivity contribution in [2.75, 3.05) is 11.9 Å². The molecule has 0 aliphatic heterocycles. The maximum atomic E-state index is 13.7. The van der Waals surface area contributed by atoms with E-state index in [9.17, 15) is 36.3 Å². The van der Waals surface area contributed by atoms with Gasteiger partial charge in [0.15, 0.2) is 27.3 Å². The van der Waals surface area contributed by atoms with Crippen LogP contribution < -0.4 is 10.6 Å². The number of benzene rings is 2. The first-order valence-corrected chi connectivity index (χ1v) is 15.0. The lowest BCUT2D eigenvalue weighted by molar-refractivity contribution is -0.120. The number of nitrogens with one attached hydrogen (secondary N) is 2. The molecule has 12 heteroatoms. The summed E-state index contributed by atoms with van der Waals surface area (Å²) >= 11 is 6.26. The highest BCUT2D eigenvalue weighted by molar-refractivity contribution is 7.92. The highest BCUT2D eigenvalue weighted by atomic mass is 35.5. The largest absolute Gasteiger partial charge is 0.387 e. The molecule has 2 aromatic carbocycles. The zero-order valence-corrected chi connectivity index (χ0v) is 22.9. The van der Waals surface area contributed by atoms with E-state index in [-0.39, 0.29) is 58.3 Å². The van der Waals surface area contributed by atoms with Gasteiger partial charge >= 0.3 is 0 Å². The van der Waals surface area contributed by atoms with Crippen molar-refractivity contribution in [1.82, 2.24) is 5.32 Å². The van der Waals surface area contributed by atoms with Crippen molar-refractivity contribution in [3.8, 4) is 0 Å². The van der Waals surface area contributed by atoms with Crippen LogP contribution in [-0.4, -0.2) is 42.7 Å². The number of halogens is 4. The fourth-order valence-electron chi connectivity index (χ4n) is 6.24. The number of carbonyl (C=O) groups is 2. The Bertz CT molecular complexity index is 1480. The summed E-state index contributed by atoms with van der Waals surface area (Å²) in [5.41, 5.74) is -0.987. The van der Waals surface area contributed by atoms with E-state index >= 15 is 0 Å². The molecular weight excluding hydrogens is 569 g/mol. The monoisotopic (exact) mass is 596 g/mol. The van der Waals surface area contributed by atoms with Crippen molar-refractivity contribution in [3.05, 3.63) is 70.0 Å². The molecule has 2 unspecified atom stereocenters. The summed E-state index contributed by atoms with van der Waals surface area (Å²) in [4.78, 5) is 25.0. The van der Waals surface area contributed by atoms with Gasteiger partial charge in [0, 0.05) is 35.5 Å². The molecule has 2 amide bonds. The van der Waals surface area contributed by atoms with Crippen LogP contribution in [0.3, 0.4) is 0 Å². The van der Waals surface area contributed by atoms with Crippen LogP contribution >= 0.6 is 11.6 Å². The van der Waals surface area contributed by atoms with E-state index in [0.717, 1.165) is 18.9 Å². The van der Waals surface area contributed by atoms with Gasteiger partial charge in [-0.1, -0.05) is 17.7 Å². The van der Waals surface area contributed by atoms with Crippen LogP contribution in [0.25, 0.3) is 0 Å². The number of fused-ring (bicyclic) bond motifs is 2. The molecule has 0 radical (unpaired) electrons. The number of allylic oxidation sites excluding steroid dienone is 1. The van der Waals surface area contributed by atoms with Crippen LogP contribution in [0, 0.1) is 29.3 Å². The normalized spacial score (nSPS) is 25.9. The van der Waals surface area contributed by atoms with Crippen molar-refractivity contribution < 1.29 is 36.3 Å². The second kappa shape index (κ2) is 10.8. The quantitative estimate of drug-likeness (QED) is 0.393. The Morgan fingerprint density at radius 2 is 1.68 bits per heavy atom. The van der Waals surface area contributed by atoms with Gasteiger partial charge in [-0.2, -0.15) is 0 Å². The van der Waals surface area contributed by atoms with E-state index < -0.39 is 44.0 Å². The minimum atomic E-state index is -4.05. The molecule has 214 valence electrons. The standard InChI is InChI=1S/C28H28ClF3N2O5S/c29-21-8-5-16(27(36)34-19-12-22(30)25(32)23(31)13-19)9-24(21)40(38,39)20-10-17-6-7-18(11-20)28(17,37)14-33-26(35)15-3-1-2-4-15/h3,5,8-9,12-13,17-18,20,37H,1-2,4,6-7,10-11,14H2,(H,33,35)(H,34,36)/t17?,18?,20-,28-. The molecule has 0 aromatic heterocycles. The van der Waals surface area contributed by atoms with Crippen LogP contribution in [0.2, 0.25) is 5.02 Å². The first-order chi connectivity index (χ1) is 18.9. The molecule has 2 bridgehead atoms. The van der Waals surface area contributed by atoms with Crippen molar-refractivity contribution in [1.29, 1.82) is 0 Å². The van der Waals surface area contributed by atoms with Crippen molar-refractivity contribution >= 4 is 38.9 Å². The zero-order valence-electron chi connectivity index (χ0n) is 21.4. The molecule has 3 N–H and O–H groups in total. The summed E-state index contributed by atoms with van der Waals surface area (Å²) in [6, 6.07) is 4.82. The lowest BCUT2D eigenvalue weighted by atomic mass is 9.74. The smallest absolute Gasteiger partial charge is 0.255 e. The molecule has 2 saturated carbocycles. The topological polar surface area (TPSA) is 113 Å². The van der Waals surface area contributed by atoms with Gasteiger partial charge in [0.25, 0.3) is 5.91 Å². The van der Waals surface area contributed by atoms with E-state index in [4.69, 9.17) is 11.6 Å². The van der Waals surface area contributed by atoms with Gasteiger partial charge in [0.2, 0.25) is 5.91 Å². The van der Waals surface area contributed by atoms with Gasteiger partial charge in [-0.15, -0.1) is 0 Å². The first-order valence-electron chi connectivity index (χ1n) is 13.1. The Balaban J connectivity index is 1.32. The van der Waals surface area contributed by atoms with Gasteiger partial charge in [-0.25, -0.2) is 21.6 Å². The Morgan fingerprint density at radius 3 is 2.27 bits per heavy atom. The fourth-order valence-corrected chi connectivity index (χ4v) is 8.64. The van der Waals surface area contributed by atoms with E-state index in [1.807, 2.05) is 6.08 Å². The molecule has 7 nitrogen and oxygen atoms in total. The van der Waals surface area contributed by atoms with E-state index in [2.05, 4.69) is 10.6 Å². The molecule has 2 fully saturated rings. The summed E-state index contributed by atoms with van der Waals surface area (Å²) in [5.74, 6) is -6.43. The number of aliphatic hydroxyl groups is 1. The predicted molar refractivity (Wildman–Crippen MR) is 142 cm³/mol. The molecule has 40 heavy (non-hydrogen) atoms. The Hall–Kier alpha value is -2.89. The molecule has 5 rings (SSSR count). The summed E-state index contributed by atoms with van der Waals surface area (Å²) in [6.07, 6.45) is 5.93. The highest BCUT2D eigenvalue weighted by Crippen LogP contribution is 2.52. The van der Waals surface area contributed by atoms with Crippen molar-refractivity contribution in [2.24, 2.45) is 11.8 Å². The van der Waals surface area contributed by atoms with Crippen LogP contribution in [0.15, 0.2) is 46.9 Å². The average molecular weight is 597 g/mol. The number of amides is 2. The molecular formula is C28H28ClF3N2O5S. The van der Waals surface area contributed by atoms with Crippen LogP contribution in [0.1, 0.15) is 55.3 Å². The first kappa shape index (κ1) is 28.6. The third-order valence-electron chi connectivity index (χ3n) is 8.42. The number of sulfone groups is 1. The summed E-state index contributed by atoms with van der Waals surface area (Å²) in [7, 11) is -4.05.